The zero-order valence-electron chi connectivity index (χ0n) is 15.1. The number of pyridine rings is 1. The van der Waals surface area contributed by atoms with Gasteiger partial charge in [-0.1, -0.05) is 36.0 Å². The Morgan fingerprint density at radius 1 is 0.929 bits per heavy atom. The topological polar surface area (TPSA) is 76.1 Å². The van der Waals surface area contributed by atoms with E-state index in [4.69, 9.17) is 0 Å². The molecule has 1 aromatic heterocycles. The molecule has 1 amide bonds. The van der Waals surface area contributed by atoms with Crippen molar-refractivity contribution in [2.24, 2.45) is 0 Å². The van der Waals surface area contributed by atoms with Crippen molar-refractivity contribution in [2.45, 2.75) is 21.2 Å². The van der Waals surface area contributed by atoms with Crippen LogP contribution in [0.25, 0.3) is 0 Å². The molecule has 0 aliphatic carbocycles. The Hall–Kier alpha value is -2.64. The molecule has 7 heteroatoms. The van der Waals surface area contributed by atoms with E-state index in [0.29, 0.717) is 23.4 Å². The maximum absolute atomic E-state index is 12.2. The fraction of sp³-hybridized carbons (Fsp3) is 0.143. The summed E-state index contributed by atoms with van der Waals surface area (Å²) in [5.74, 6) is -0.219. The molecule has 3 rings (SSSR count). The van der Waals surface area contributed by atoms with Gasteiger partial charge in [-0.25, -0.2) is 13.4 Å². The number of nitrogens with zero attached hydrogens (tertiary/aromatic N) is 1. The van der Waals surface area contributed by atoms with Gasteiger partial charge in [-0.2, -0.15) is 0 Å². The summed E-state index contributed by atoms with van der Waals surface area (Å²) in [5, 5.41) is 3.66. The van der Waals surface area contributed by atoms with Crippen molar-refractivity contribution < 1.29 is 13.2 Å². The summed E-state index contributed by atoms with van der Waals surface area (Å²) < 4.78 is 24.4. The second-order valence-corrected chi connectivity index (χ2v) is 9.24. The highest BCUT2D eigenvalue weighted by molar-refractivity contribution is 7.99. The van der Waals surface area contributed by atoms with E-state index in [-0.39, 0.29) is 11.7 Å². The lowest BCUT2D eigenvalue weighted by atomic mass is 10.2. The number of carbonyl (C=O) groups is 1. The Labute approximate surface area is 169 Å². The van der Waals surface area contributed by atoms with Gasteiger partial charge < -0.3 is 5.32 Å². The first kappa shape index (κ1) is 20.1. The lowest BCUT2D eigenvalue weighted by Crippen LogP contribution is -2.26. The molecule has 144 valence electrons. The van der Waals surface area contributed by atoms with Crippen LogP contribution in [0.3, 0.4) is 0 Å². The molecule has 0 atom stereocenters. The van der Waals surface area contributed by atoms with Crippen molar-refractivity contribution in [2.75, 3.05) is 12.3 Å². The van der Waals surface area contributed by atoms with Crippen LogP contribution in [0.4, 0.5) is 0 Å². The molecule has 0 saturated carbocycles. The Morgan fingerprint density at radius 2 is 1.64 bits per heavy atom. The van der Waals surface area contributed by atoms with Gasteiger partial charge in [0.25, 0.3) is 5.91 Å². The number of rotatable bonds is 8. The Balaban J connectivity index is 1.47. The number of sulfone groups is 1. The number of benzene rings is 2. The summed E-state index contributed by atoms with van der Waals surface area (Å²) in [5.41, 5.74) is 0.538. The van der Waals surface area contributed by atoms with E-state index in [1.807, 2.05) is 30.3 Å². The molecule has 0 fully saturated rings. The van der Waals surface area contributed by atoms with Gasteiger partial charge in [0.05, 0.1) is 10.6 Å². The van der Waals surface area contributed by atoms with Crippen LogP contribution in [0.15, 0.2) is 93.8 Å². The van der Waals surface area contributed by atoms with Gasteiger partial charge in [0.15, 0.2) is 9.84 Å². The summed E-state index contributed by atoms with van der Waals surface area (Å²) >= 11 is 1.52. The van der Waals surface area contributed by atoms with Crippen LogP contribution in [0, 0.1) is 0 Å². The molecule has 0 bridgehead atoms. The van der Waals surface area contributed by atoms with Gasteiger partial charge in [0, 0.05) is 23.2 Å². The maximum Gasteiger partial charge on any atom is 0.251 e. The summed E-state index contributed by atoms with van der Waals surface area (Å²) in [6.45, 7) is 0.301. The van der Waals surface area contributed by atoms with Crippen LogP contribution in [0.5, 0.6) is 0 Å². The summed E-state index contributed by atoms with van der Waals surface area (Å²) in [6.07, 6.45) is 2.10. The summed E-state index contributed by atoms with van der Waals surface area (Å²) in [6, 6.07) is 21.3. The second kappa shape index (κ2) is 9.52. The summed E-state index contributed by atoms with van der Waals surface area (Å²) in [7, 11) is -3.32. The van der Waals surface area contributed by atoms with E-state index in [2.05, 4.69) is 10.3 Å². The van der Waals surface area contributed by atoms with Crippen molar-refractivity contribution in [3.8, 4) is 0 Å². The minimum absolute atomic E-state index is 0.00303. The number of nitrogens with one attached hydrogen (secondary N) is 1. The highest BCUT2D eigenvalue weighted by Gasteiger charge is 2.13. The molecule has 0 radical (unpaired) electrons. The van der Waals surface area contributed by atoms with Crippen molar-refractivity contribution in [3.05, 3.63) is 84.6 Å². The smallest absolute Gasteiger partial charge is 0.251 e. The van der Waals surface area contributed by atoms with Crippen molar-refractivity contribution >= 4 is 27.5 Å². The SMILES string of the molecule is O=C(NCCCS(=O)(=O)c1ccccc1)c1ccc(Sc2ccccn2)cc1. The number of hydrogen-bond donors (Lipinski definition) is 1. The van der Waals surface area contributed by atoms with E-state index in [9.17, 15) is 13.2 Å². The van der Waals surface area contributed by atoms with Gasteiger partial charge in [0.1, 0.15) is 5.03 Å². The van der Waals surface area contributed by atoms with Crippen LogP contribution in [0.1, 0.15) is 16.8 Å². The minimum atomic E-state index is -3.32. The zero-order valence-corrected chi connectivity index (χ0v) is 16.7. The van der Waals surface area contributed by atoms with E-state index in [1.54, 1.807) is 48.7 Å². The van der Waals surface area contributed by atoms with Crippen LogP contribution >= 0.6 is 11.8 Å². The monoisotopic (exact) mass is 412 g/mol. The molecule has 3 aromatic rings. The molecule has 0 saturated heterocycles. The molecular weight excluding hydrogens is 392 g/mol. The zero-order chi connectivity index (χ0) is 19.8. The molecule has 0 aliphatic rings. The predicted octanol–water partition coefficient (Wildman–Crippen LogP) is 3.83. The third-order valence-corrected chi connectivity index (χ3v) is 6.73. The number of aromatic nitrogens is 1. The number of carbonyl (C=O) groups excluding carboxylic acids is 1. The number of hydrogen-bond acceptors (Lipinski definition) is 5. The van der Waals surface area contributed by atoms with Gasteiger partial charge >= 0.3 is 0 Å². The largest absolute Gasteiger partial charge is 0.352 e. The van der Waals surface area contributed by atoms with E-state index < -0.39 is 9.84 Å². The average Bonchev–Trinajstić information content (AvgIpc) is 2.73. The van der Waals surface area contributed by atoms with Crippen molar-refractivity contribution in [3.63, 3.8) is 0 Å². The van der Waals surface area contributed by atoms with Crippen molar-refractivity contribution in [1.29, 1.82) is 0 Å². The van der Waals surface area contributed by atoms with E-state index >= 15 is 0 Å². The molecule has 5 nitrogen and oxygen atoms in total. The van der Waals surface area contributed by atoms with Crippen LogP contribution < -0.4 is 5.32 Å². The van der Waals surface area contributed by atoms with E-state index in [0.717, 1.165) is 9.92 Å². The molecule has 0 spiro atoms. The molecule has 28 heavy (non-hydrogen) atoms. The van der Waals surface area contributed by atoms with Gasteiger partial charge in [-0.05, 0) is 55.0 Å². The minimum Gasteiger partial charge on any atom is -0.352 e. The molecule has 1 heterocycles. The first-order valence-electron chi connectivity index (χ1n) is 8.79. The normalized spacial score (nSPS) is 11.1. The Kier molecular flexibility index (Phi) is 6.84. The fourth-order valence-corrected chi connectivity index (χ4v) is 4.62. The molecule has 2 aromatic carbocycles. The number of amides is 1. The molecule has 1 N–H and O–H groups in total. The van der Waals surface area contributed by atoms with E-state index in [1.165, 1.54) is 11.8 Å². The first-order chi connectivity index (χ1) is 13.5. The van der Waals surface area contributed by atoms with Gasteiger partial charge in [-0.15, -0.1) is 0 Å². The van der Waals surface area contributed by atoms with Gasteiger partial charge in [-0.3, -0.25) is 4.79 Å². The highest BCUT2D eigenvalue weighted by Crippen LogP contribution is 2.25. The summed E-state index contributed by atoms with van der Waals surface area (Å²) in [4.78, 5) is 17.8. The first-order valence-corrected chi connectivity index (χ1v) is 11.3. The highest BCUT2D eigenvalue weighted by atomic mass is 32.2. The quantitative estimate of drug-likeness (QED) is 0.569. The third-order valence-electron chi connectivity index (χ3n) is 3.95. The Bertz CT molecular complexity index is 1010. The predicted molar refractivity (Wildman–Crippen MR) is 110 cm³/mol. The maximum atomic E-state index is 12.2. The van der Waals surface area contributed by atoms with Crippen LogP contribution in [-0.4, -0.2) is 31.6 Å². The van der Waals surface area contributed by atoms with Crippen LogP contribution in [0.2, 0.25) is 0 Å². The van der Waals surface area contributed by atoms with Crippen molar-refractivity contribution in [1.82, 2.24) is 10.3 Å². The Morgan fingerprint density at radius 3 is 2.32 bits per heavy atom. The fourth-order valence-electron chi connectivity index (χ4n) is 2.51. The lowest BCUT2D eigenvalue weighted by Gasteiger charge is -2.07. The molecule has 0 unspecified atom stereocenters. The van der Waals surface area contributed by atoms with Crippen LogP contribution in [-0.2, 0) is 9.84 Å². The molecule has 0 aliphatic heterocycles. The van der Waals surface area contributed by atoms with Gasteiger partial charge in [0.2, 0.25) is 0 Å². The lowest BCUT2D eigenvalue weighted by molar-refractivity contribution is 0.0953. The standard InChI is InChI=1S/C21H20N2O3S2/c24-21(23-15-6-16-28(25,26)19-7-2-1-3-8-19)17-10-12-18(13-11-17)27-20-9-4-5-14-22-20/h1-5,7-14H,6,15-16H2,(H,23,24). The molecular formula is C21H20N2O3S2. The third kappa shape index (κ3) is 5.68. The average molecular weight is 413 g/mol. The second-order valence-electron chi connectivity index (χ2n) is 6.04.